The number of anilines is 2. The van der Waals surface area contributed by atoms with Crippen LogP contribution in [0.25, 0.3) is 0 Å². The van der Waals surface area contributed by atoms with Crippen molar-refractivity contribution in [2.24, 2.45) is 5.92 Å². The van der Waals surface area contributed by atoms with E-state index in [4.69, 9.17) is 0 Å². The fourth-order valence-corrected chi connectivity index (χ4v) is 4.36. The fraction of sp³-hybridized carbons (Fsp3) is 0.385. The third kappa shape index (κ3) is 6.93. The predicted octanol–water partition coefficient (Wildman–Crippen LogP) is 5.10. The molecule has 7 nitrogen and oxygen atoms in total. The molecule has 10 heteroatoms. The van der Waals surface area contributed by atoms with E-state index in [-0.39, 0.29) is 30.0 Å². The van der Waals surface area contributed by atoms with E-state index in [1.807, 2.05) is 30.3 Å². The number of aryl methyl sites for hydroxylation is 1. The first-order chi connectivity index (χ1) is 17.3. The van der Waals surface area contributed by atoms with Crippen LogP contribution in [-0.4, -0.2) is 26.9 Å². The number of nitrogens with zero attached hydrogens (tertiary/aromatic N) is 3. The highest BCUT2D eigenvalue weighted by Gasteiger charge is 2.33. The van der Waals surface area contributed by atoms with E-state index >= 15 is 0 Å². The minimum atomic E-state index is -4.45. The average molecular weight is 499 g/mol. The highest BCUT2D eigenvalue weighted by Crippen LogP contribution is 2.32. The molecule has 1 saturated carbocycles. The molecular weight excluding hydrogens is 469 g/mol. The van der Waals surface area contributed by atoms with Gasteiger partial charge >= 0.3 is 6.18 Å². The first kappa shape index (κ1) is 25.4. The first-order valence-corrected chi connectivity index (χ1v) is 12.0. The Balaban J connectivity index is 1.27. The van der Waals surface area contributed by atoms with Gasteiger partial charge in [0.05, 0.1) is 5.56 Å². The van der Waals surface area contributed by atoms with Gasteiger partial charge in [0.15, 0.2) is 0 Å². The lowest BCUT2D eigenvalue weighted by molar-refractivity contribution is -0.138. The summed E-state index contributed by atoms with van der Waals surface area (Å²) in [6.45, 7) is 2.26. The molecule has 0 unspecified atom stereocenters. The minimum absolute atomic E-state index is 0.0654. The smallest absolute Gasteiger partial charge is 0.352 e. The van der Waals surface area contributed by atoms with Crippen molar-refractivity contribution in [1.29, 1.82) is 0 Å². The van der Waals surface area contributed by atoms with Crippen LogP contribution in [0.15, 0.2) is 54.6 Å². The Bertz CT molecular complexity index is 1160. The molecular formula is C26H29F3N6O. The van der Waals surface area contributed by atoms with Crippen molar-refractivity contribution >= 4 is 17.8 Å². The van der Waals surface area contributed by atoms with Gasteiger partial charge in [-0.2, -0.15) is 28.1 Å². The summed E-state index contributed by atoms with van der Waals surface area (Å²) in [4.78, 5) is 25.8. The number of benzene rings is 2. The van der Waals surface area contributed by atoms with Gasteiger partial charge in [-0.1, -0.05) is 48.5 Å². The Morgan fingerprint density at radius 3 is 2.28 bits per heavy atom. The Hall–Kier alpha value is -3.69. The highest BCUT2D eigenvalue weighted by atomic mass is 19.4. The number of alkyl halides is 3. The molecule has 0 saturated heterocycles. The van der Waals surface area contributed by atoms with Crippen molar-refractivity contribution in [3.05, 3.63) is 77.1 Å². The molecule has 1 amide bonds. The van der Waals surface area contributed by atoms with Gasteiger partial charge in [-0.15, -0.1) is 0 Å². The zero-order valence-corrected chi connectivity index (χ0v) is 20.0. The summed E-state index contributed by atoms with van der Waals surface area (Å²) in [5.74, 6) is 1.11. The molecule has 190 valence electrons. The van der Waals surface area contributed by atoms with Crippen molar-refractivity contribution in [1.82, 2.24) is 20.3 Å². The molecule has 1 aromatic heterocycles. The summed E-state index contributed by atoms with van der Waals surface area (Å²) in [5.41, 5.74) is 0.461. The fourth-order valence-electron chi connectivity index (χ4n) is 4.36. The van der Waals surface area contributed by atoms with Crippen LogP contribution in [0.1, 0.15) is 48.2 Å². The van der Waals surface area contributed by atoms with Crippen LogP contribution in [-0.2, 0) is 24.1 Å². The summed E-state index contributed by atoms with van der Waals surface area (Å²) < 4.78 is 39.5. The molecule has 3 aromatic rings. The normalized spacial score (nSPS) is 17.9. The van der Waals surface area contributed by atoms with Crippen LogP contribution < -0.4 is 16.0 Å². The van der Waals surface area contributed by atoms with Crippen LogP contribution >= 0.6 is 0 Å². The number of carbonyl (C=O) groups excluding carboxylic acids is 1. The average Bonchev–Trinajstić information content (AvgIpc) is 2.86. The van der Waals surface area contributed by atoms with Gasteiger partial charge in [-0.25, -0.2) is 0 Å². The van der Waals surface area contributed by atoms with Crippen molar-refractivity contribution in [3.8, 4) is 0 Å². The topological polar surface area (TPSA) is 91.8 Å². The lowest BCUT2D eigenvalue weighted by Gasteiger charge is -2.28. The van der Waals surface area contributed by atoms with E-state index < -0.39 is 11.7 Å². The third-order valence-electron chi connectivity index (χ3n) is 6.25. The second-order valence-electron chi connectivity index (χ2n) is 8.93. The van der Waals surface area contributed by atoms with Gasteiger partial charge in [0.1, 0.15) is 5.82 Å². The van der Waals surface area contributed by atoms with E-state index in [1.54, 1.807) is 13.0 Å². The van der Waals surface area contributed by atoms with Crippen LogP contribution in [0, 0.1) is 12.8 Å². The Morgan fingerprint density at radius 1 is 0.889 bits per heavy atom. The van der Waals surface area contributed by atoms with E-state index in [9.17, 15) is 18.0 Å². The number of hydrogen-bond acceptors (Lipinski definition) is 6. The molecule has 1 heterocycles. The van der Waals surface area contributed by atoms with Gasteiger partial charge in [0.25, 0.3) is 0 Å². The summed E-state index contributed by atoms with van der Waals surface area (Å²) in [6.07, 6.45) is -1.72. The van der Waals surface area contributed by atoms with E-state index in [0.717, 1.165) is 24.5 Å². The number of rotatable bonds is 8. The number of amides is 1. The van der Waals surface area contributed by atoms with Crippen LogP contribution in [0.4, 0.5) is 25.1 Å². The maximum absolute atomic E-state index is 13.2. The second-order valence-corrected chi connectivity index (χ2v) is 8.93. The molecule has 36 heavy (non-hydrogen) atoms. The number of hydrogen-bond donors (Lipinski definition) is 3. The van der Waals surface area contributed by atoms with Gasteiger partial charge in [-0.05, 0) is 49.8 Å². The molecule has 1 aliphatic carbocycles. The number of nitrogens with one attached hydrogen (secondary N) is 3. The SMILES string of the molecule is Cc1nc(NCc2ccccc2)nc(NC2CCC(C(=O)NCc3ccccc3C(F)(F)F)CC2)n1. The maximum Gasteiger partial charge on any atom is 0.416 e. The number of carbonyl (C=O) groups is 1. The number of aromatic nitrogens is 3. The van der Waals surface area contributed by atoms with Gasteiger partial charge < -0.3 is 16.0 Å². The quantitative estimate of drug-likeness (QED) is 0.400. The van der Waals surface area contributed by atoms with E-state index in [1.165, 1.54) is 12.1 Å². The standard InChI is InChI=1S/C26H29F3N6O/c1-17-32-24(31-15-18-7-3-2-4-8-18)35-25(33-17)34-21-13-11-19(12-14-21)23(36)30-16-20-9-5-6-10-22(20)26(27,28)29/h2-10,19,21H,11-16H2,1H3,(H,30,36)(H2,31,32,33,34,35). The van der Waals surface area contributed by atoms with Gasteiger partial charge in [0, 0.05) is 25.0 Å². The van der Waals surface area contributed by atoms with Crippen molar-refractivity contribution in [2.45, 2.75) is 57.9 Å². The molecule has 0 bridgehead atoms. The van der Waals surface area contributed by atoms with Crippen LogP contribution in [0.2, 0.25) is 0 Å². The summed E-state index contributed by atoms with van der Waals surface area (Å²) in [7, 11) is 0. The van der Waals surface area contributed by atoms with Crippen molar-refractivity contribution in [2.75, 3.05) is 10.6 Å². The second kappa shape index (κ2) is 11.4. The molecule has 0 spiro atoms. The maximum atomic E-state index is 13.2. The highest BCUT2D eigenvalue weighted by molar-refractivity contribution is 5.78. The van der Waals surface area contributed by atoms with Gasteiger partial charge in [-0.3, -0.25) is 4.79 Å². The Morgan fingerprint density at radius 2 is 1.56 bits per heavy atom. The van der Waals surface area contributed by atoms with Crippen molar-refractivity contribution in [3.63, 3.8) is 0 Å². The Kier molecular flexibility index (Phi) is 8.02. The van der Waals surface area contributed by atoms with E-state index in [2.05, 4.69) is 30.9 Å². The lowest BCUT2D eigenvalue weighted by atomic mass is 9.85. The molecule has 1 aliphatic rings. The predicted molar refractivity (Wildman–Crippen MR) is 131 cm³/mol. The van der Waals surface area contributed by atoms with E-state index in [0.29, 0.717) is 37.1 Å². The Labute approximate surface area is 208 Å². The zero-order chi connectivity index (χ0) is 25.5. The largest absolute Gasteiger partial charge is 0.416 e. The summed E-state index contributed by atoms with van der Waals surface area (Å²) in [5, 5.41) is 9.25. The zero-order valence-electron chi connectivity index (χ0n) is 20.0. The monoisotopic (exact) mass is 498 g/mol. The first-order valence-electron chi connectivity index (χ1n) is 12.0. The van der Waals surface area contributed by atoms with Gasteiger partial charge in [0.2, 0.25) is 17.8 Å². The molecule has 2 aromatic carbocycles. The lowest BCUT2D eigenvalue weighted by Crippen LogP contribution is -2.36. The van der Waals surface area contributed by atoms with Crippen LogP contribution in [0.5, 0.6) is 0 Å². The van der Waals surface area contributed by atoms with Crippen molar-refractivity contribution < 1.29 is 18.0 Å². The van der Waals surface area contributed by atoms with Crippen LogP contribution in [0.3, 0.4) is 0 Å². The number of halogens is 3. The molecule has 0 aliphatic heterocycles. The minimum Gasteiger partial charge on any atom is -0.352 e. The summed E-state index contributed by atoms with van der Waals surface area (Å²) >= 11 is 0. The molecule has 1 fully saturated rings. The molecule has 0 atom stereocenters. The molecule has 0 radical (unpaired) electrons. The molecule has 4 rings (SSSR count). The summed E-state index contributed by atoms with van der Waals surface area (Å²) in [6, 6.07) is 15.4. The molecule has 3 N–H and O–H groups in total. The third-order valence-corrected chi connectivity index (χ3v) is 6.25.